The maximum Gasteiger partial charge on any atom is 0.303 e. The number of carboxylic acids is 1. The second kappa shape index (κ2) is 15.3. The minimum atomic E-state index is -0.777. The van der Waals surface area contributed by atoms with Crippen molar-refractivity contribution in [2.45, 2.75) is 89.1 Å². The molecule has 0 aliphatic carbocycles. The van der Waals surface area contributed by atoms with Gasteiger partial charge in [-0.2, -0.15) is 0 Å². The average molecular weight is 555 g/mol. The number of hydrogen-bond acceptors (Lipinski definition) is 7. The summed E-state index contributed by atoms with van der Waals surface area (Å²) in [6.07, 6.45) is 4.12. The van der Waals surface area contributed by atoms with Crippen LogP contribution in [-0.2, 0) is 32.2 Å². The van der Waals surface area contributed by atoms with E-state index in [0.717, 1.165) is 61.0 Å². The van der Waals surface area contributed by atoms with Crippen molar-refractivity contribution >= 4 is 11.9 Å². The lowest BCUT2D eigenvalue weighted by atomic mass is 9.99. The molecular formula is C31H42N2O7. The number of unbranched alkanes of at least 4 members (excludes halogenated alkanes) is 3. The Morgan fingerprint density at radius 3 is 2.23 bits per heavy atom. The molecule has 1 amide bonds. The summed E-state index contributed by atoms with van der Waals surface area (Å²) in [4.78, 5) is 25.0. The number of carbonyl (C=O) groups is 2. The Balaban J connectivity index is 1.31. The monoisotopic (exact) mass is 554 g/mol. The molecule has 40 heavy (non-hydrogen) atoms. The van der Waals surface area contributed by atoms with Gasteiger partial charge < -0.3 is 30.1 Å². The Bertz CT molecular complexity index is 1080. The molecule has 2 aromatic carbocycles. The van der Waals surface area contributed by atoms with E-state index in [-0.39, 0.29) is 37.2 Å². The highest BCUT2D eigenvalue weighted by Gasteiger charge is 2.34. The Kier molecular flexibility index (Phi) is 11.5. The van der Waals surface area contributed by atoms with Crippen LogP contribution < -0.4 is 5.32 Å². The number of aliphatic carboxylic acids is 1. The van der Waals surface area contributed by atoms with Gasteiger partial charge in [0.05, 0.1) is 24.9 Å². The fourth-order valence-corrected chi connectivity index (χ4v) is 5.30. The Labute approximate surface area is 236 Å². The van der Waals surface area contributed by atoms with E-state index in [4.69, 9.17) is 14.6 Å². The van der Waals surface area contributed by atoms with Crippen molar-refractivity contribution in [1.82, 2.24) is 10.2 Å². The number of nitrogens with zero attached hydrogens (tertiary/aromatic N) is 1. The maximum absolute atomic E-state index is 12.2. The molecule has 2 aromatic rings. The number of β-amino-alcohol motifs (C(OH)–C–C–N with tert-alkyl or cyclic N) is 1. The lowest BCUT2D eigenvalue weighted by Crippen LogP contribution is -2.38. The van der Waals surface area contributed by atoms with Crippen molar-refractivity contribution in [3.63, 3.8) is 0 Å². The number of aliphatic hydroxyl groups excluding tert-OH is 2. The molecule has 0 aromatic heterocycles. The van der Waals surface area contributed by atoms with Gasteiger partial charge in [0.1, 0.15) is 0 Å². The summed E-state index contributed by atoms with van der Waals surface area (Å²) in [7, 11) is 0. The summed E-state index contributed by atoms with van der Waals surface area (Å²) in [5.41, 5.74) is 3.78. The van der Waals surface area contributed by atoms with Crippen molar-refractivity contribution < 1.29 is 34.4 Å². The zero-order valence-corrected chi connectivity index (χ0v) is 23.0. The summed E-state index contributed by atoms with van der Waals surface area (Å²) in [5.74, 6) is -0.785. The predicted molar refractivity (Wildman–Crippen MR) is 149 cm³/mol. The van der Waals surface area contributed by atoms with Crippen molar-refractivity contribution in [2.24, 2.45) is 0 Å². The molecule has 2 aliphatic heterocycles. The zero-order valence-electron chi connectivity index (χ0n) is 23.0. The van der Waals surface area contributed by atoms with Crippen molar-refractivity contribution in [3.05, 3.63) is 70.8 Å². The highest BCUT2D eigenvalue weighted by atomic mass is 16.7. The largest absolute Gasteiger partial charge is 0.481 e. The van der Waals surface area contributed by atoms with Gasteiger partial charge in [0.25, 0.3) is 0 Å². The number of nitrogens with one attached hydrogen (secondary N) is 1. The van der Waals surface area contributed by atoms with Crippen LogP contribution in [0.25, 0.3) is 0 Å². The number of benzene rings is 2. The van der Waals surface area contributed by atoms with E-state index in [1.54, 1.807) is 0 Å². The van der Waals surface area contributed by atoms with E-state index >= 15 is 0 Å². The number of likely N-dealkylation sites (tertiary alicyclic amines) is 1. The smallest absolute Gasteiger partial charge is 0.303 e. The van der Waals surface area contributed by atoms with Crippen molar-refractivity contribution in [1.29, 1.82) is 0 Å². The lowest BCUT2D eigenvalue weighted by Gasteiger charge is -2.37. The van der Waals surface area contributed by atoms with Gasteiger partial charge in [-0.05, 0) is 36.0 Å². The van der Waals surface area contributed by atoms with Crippen LogP contribution in [-0.4, -0.2) is 63.9 Å². The number of carboxylic acid groups (broad SMARTS) is 1. The lowest BCUT2D eigenvalue weighted by molar-refractivity contribution is -0.252. The SMILES string of the molecule is O=C(O)CCCCCCC(=O)NCc1ccc(C2OC(CN3CCC(O)C3)CC(c3ccc(CO)cc3)O2)cc1. The topological polar surface area (TPSA) is 129 Å². The van der Waals surface area contributed by atoms with Crippen LogP contribution in [0.2, 0.25) is 0 Å². The number of ether oxygens (including phenoxy) is 2. The summed E-state index contributed by atoms with van der Waals surface area (Å²) >= 11 is 0. The fraction of sp³-hybridized carbons (Fsp3) is 0.548. The number of carbonyl (C=O) groups excluding carboxylic acids is 1. The third-order valence-corrected chi connectivity index (χ3v) is 7.61. The van der Waals surface area contributed by atoms with Crippen LogP contribution in [0.3, 0.4) is 0 Å². The van der Waals surface area contributed by atoms with E-state index < -0.39 is 12.3 Å². The molecule has 4 unspecified atom stereocenters. The standard InChI is InChI=1S/C31H42N2O7/c34-21-23-9-11-24(12-10-23)28-17-27(20-33-16-15-26(35)19-33)39-31(40-28)25-13-7-22(8-14-25)18-32-29(36)5-3-1-2-4-6-30(37)38/h7-14,26-28,31,34-35H,1-6,15-21H2,(H,32,36)(H,37,38). The molecule has 2 aliphatic rings. The Morgan fingerprint density at radius 2 is 1.57 bits per heavy atom. The van der Waals surface area contributed by atoms with Gasteiger partial charge in [0.15, 0.2) is 6.29 Å². The van der Waals surface area contributed by atoms with Gasteiger partial charge >= 0.3 is 5.97 Å². The molecule has 2 fully saturated rings. The van der Waals surface area contributed by atoms with Crippen molar-refractivity contribution in [2.75, 3.05) is 19.6 Å². The van der Waals surface area contributed by atoms with Crippen molar-refractivity contribution in [3.8, 4) is 0 Å². The molecule has 0 bridgehead atoms. The molecular weight excluding hydrogens is 512 g/mol. The second-order valence-corrected chi connectivity index (χ2v) is 10.9. The fourth-order valence-electron chi connectivity index (χ4n) is 5.30. The van der Waals surface area contributed by atoms with Crippen LogP contribution in [0, 0.1) is 0 Å². The van der Waals surface area contributed by atoms with Gasteiger partial charge in [0, 0.05) is 51.0 Å². The van der Waals surface area contributed by atoms with Crippen LogP contribution in [0.5, 0.6) is 0 Å². The highest BCUT2D eigenvalue weighted by Crippen LogP contribution is 2.38. The molecule has 9 heteroatoms. The second-order valence-electron chi connectivity index (χ2n) is 10.9. The molecule has 0 spiro atoms. The normalized spacial score (nSPS) is 23.2. The number of rotatable bonds is 14. The third kappa shape index (κ3) is 9.38. The molecule has 4 atom stereocenters. The first-order valence-electron chi connectivity index (χ1n) is 14.4. The summed E-state index contributed by atoms with van der Waals surface area (Å²) in [6, 6.07) is 15.7. The van der Waals surface area contributed by atoms with Gasteiger partial charge in [-0.1, -0.05) is 61.4 Å². The summed E-state index contributed by atoms with van der Waals surface area (Å²) in [6.45, 7) is 2.68. The zero-order chi connectivity index (χ0) is 28.3. The van der Waals surface area contributed by atoms with Gasteiger partial charge in [-0.25, -0.2) is 0 Å². The minimum absolute atomic E-state index is 0.00114. The summed E-state index contributed by atoms with van der Waals surface area (Å²) in [5, 5.41) is 31.0. The molecule has 218 valence electrons. The summed E-state index contributed by atoms with van der Waals surface area (Å²) < 4.78 is 12.8. The predicted octanol–water partition coefficient (Wildman–Crippen LogP) is 3.83. The minimum Gasteiger partial charge on any atom is -0.481 e. The number of hydrogen-bond donors (Lipinski definition) is 4. The first kappa shape index (κ1) is 30.1. The molecule has 2 heterocycles. The van der Waals surface area contributed by atoms with Crippen LogP contribution in [0.1, 0.15) is 86.0 Å². The molecule has 2 saturated heterocycles. The average Bonchev–Trinajstić information content (AvgIpc) is 3.37. The van der Waals surface area contributed by atoms with Crippen LogP contribution in [0.15, 0.2) is 48.5 Å². The van der Waals surface area contributed by atoms with E-state index in [2.05, 4.69) is 10.2 Å². The van der Waals surface area contributed by atoms with E-state index in [1.807, 2.05) is 48.5 Å². The Hall–Kier alpha value is -2.82. The number of amides is 1. The Morgan fingerprint density at radius 1 is 0.900 bits per heavy atom. The highest BCUT2D eigenvalue weighted by molar-refractivity contribution is 5.75. The molecule has 9 nitrogen and oxygen atoms in total. The molecule has 4 rings (SSSR count). The van der Waals surface area contributed by atoms with Crippen LogP contribution in [0.4, 0.5) is 0 Å². The maximum atomic E-state index is 12.2. The van der Waals surface area contributed by atoms with E-state index in [1.165, 1.54) is 0 Å². The van der Waals surface area contributed by atoms with E-state index in [9.17, 15) is 19.8 Å². The first-order chi connectivity index (χ1) is 19.4. The van der Waals surface area contributed by atoms with Gasteiger partial charge in [-0.15, -0.1) is 0 Å². The third-order valence-electron chi connectivity index (χ3n) is 7.61. The van der Waals surface area contributed by atoms with E-state index in [0.29, 0.717) is 32.4 Å². The number of aliphatic hydroxyl groups is 2. The first-order valence-corrected chi connectivity index (χ1v) is 14.4. The molecule has 0 saturated carbocycles. The molecule has 0 radical (unpaired) electrons. The molecule has 4 N–H and O–H groups in total. The van der Waals surface area contributed by atoms with Crippen LogP contribution >= 0.6 is 0 Å². The van der Waals surface area contributed by atoms with Gasteiger partial charge in [-0.3, -0.25) is 14.5 Å². The van der Waals surface area contributed by atoms with Gasteiger partial charge in [0.2, 0.25) is 5.91 Å². The quantitative estimate of drug-likeness (QED) is 0.260.